The van der Waals surface area contributed by atoms with Gasteiger partial charge < -0.3 is 4.74 Å². The molecule has 0 fully saturated rings. The zero-order chi connectivity index (χ0) is 16.7. The molecule has 2 aromatic rings. The number of carbonyl (C=O) groups is 1. The SMILES string of the molecule is CC(C)c1ccc(/C=C/C(=O)OCc2ccccc2C#N)cc1. The molecule has 0 saturated heterocycles. The van der Waals surface area contributed by atoms with Gasteiger partial charge in [-0.2, -0.15) is 5.26 Å². The van der Waals surface area contributed by atoms with E-state index in [0.29, 0.717) is 17.0 Å². The number of esters is 1. The van der Waals surface area contributed by atoms with Crippen LogP contribution in [0.4, 0.5) is 0 Å². The molecule has 3 nitrogen and oxygen atoms in total. The van der Waals surface area contributed by atoms with Gasteiger partial charge in [-0.15, -0.1) is 0 Å². The fourth-order valence-electron chi connectivity index (χ4n) is 2.11. The lowest BCUT2D eigenvalue weighted by Crippen LogP contribution is -2.02. The molecular formula is C20H19NO2. The van der Waals surface area contributed by atoms with Gasteiger partial charge in [-0.1, -0.05) is 56.3 Å². The predicted molar refractivity (Wildman–Crippen MR) is 90.5 cm³/mol. The Kier molecular flexibility index (Phi) is 5.71. The average molecular weight is 305 g/mol. The van der Waals surface area contributed by atoms with E-state index in [1.807, 2.05) is 18.2 Å². The smallest absolute Gasteiger partial charge is 0.331 e. The van der Waals surface area contributed by atoms with Crippen LogP contribution in [0.1, 0.15) is 42.0 Å². The lowest BCUT2D eigenvalue weighted by molar-refractivity contribution is -0.138. The normalized spacial score (nSPS) is 10.7. The van der Waals surface area contributed by atoms with Crippen LogP contribution in [0.25, 0.3) is 6.08 Å². The van der Waals surface area contributed by atoms with Gasteiger partial charge in [0.15, 0.2) is 0 Å². The molecule has 0 aromatic heterocycles. The minimum atomic E-state index is -0.425. The number of ether oxygens (including phenoxy) is 1. The van der Waals surface area contributed by atoms with Gasteiger partial charge in [0.2, 0.25) is 0 Å². The van der Waals surface area contributed by atoms with Gasteiger partial charge in [0.05, 0.1) is 11.6 Å². The van der Waals surface area contributed by atoms with Gasteiger partial charge in [-0.05, 0) is 29.2 Å². The lowest BCUT2D eigenvalue weighted by atomic mass is 10.0. The van der Waals surface area contributed by atoms with Crippen LogP contribution in [0.15, 0.2) is 54.6 Å². The molecule has 0 heterocycles. The summed E-state index contributed by atoms with van der Waals surface area (Å²) >= 11 is 0. The second kappa shape index (κ2) is 7.95. The van der Waals surface area contributed by atoms with Crippen LogP contribution in [-0.4, -0.2) is 5.97 Å². The Bertz CT molecular complexity index is 737. The number of hydrogen-bond acceptors (Lipinski definition) is 3. The first-order valence-electron chi connectivity index (χ1n) is 7.53. The van der Waals surface area contributed by atoms with E-state index in [4.69, 9.17) is 10.00 Å². The zero-order valence-electron chi connectivity index (χ0n) is 13.3. The molecule has 0 saturated carbocycles. The quantitative estimate of drug-likeness (QED) is 0.606. The molecule has 0 aliphatic carbocycles. The van der Waals surface area contributed by atoms with E-state index in [2.05, 4.69) is 32.0 Å². The maximum atomic E-state index is 11.8. The largest absolute Gasteiger partial charge is 0.458 e. The summed E-state index contributed by atoms with van der Waals surface area (Å²) in [5.41, 5.74) is 3.44. The van der Waals surface area contributed by atoms with E-state index >= 15 is 0 Å². The Balaban J connectivity index is 1.93. The topological polar surface area (TPSA) is 50.1 Å². The summed E-state index contributed by atoms with van der Waals surface area (Å²) in [5, 5.41) is 8.99. The van der Waals surface area contributed by atoms with E-state index in [1.54, 1.807) is 24.3 Å². The van der Waals surface area contributed by atoms with Gasteiger partial charge in [0.1, 0.15) is 6.61 Å². The zero-order valence-corrected chi connectivity index (χ0v) is 13.3. The third-order valence-electron chi connectivity index (χ3n) is 3.52. The number of benzene rings is 2. The second-order valence-electron chi connectivity index (χ2n) is 5.53. The van der Waals surface area contributed by atoms with Crippen molar-refractivity contribution in [3.05, 3.63) is 76.9 Å². The van der Waals surface area contributed by atoms with Crippen molar-refractivity contribution >= 4 is 12.0 Å². The maximum Gasteiger partial charge on any atom is 0.331 e. The Labute approximate surface area is 136 Å². The third-order valence-corrected chi connectivity index (χ3v) is 3.52. The monoisotopic (exact) mass is 305 g/mol. The minimum absolute atomic E-state index is 0.0964. The average Bonchev–Trinajstić information content (AvgIpc) is 2.58. The second-order valence-corrected chi connectivity index (χ2v) is 5.53. The summed E-state index contributed by atoms with van der Waals surface area (Å²) in [6, 6.07) is 17.2. The Morgan fingerprint density at radius 2 is 1.87 bits per heavy atom. The summed E-state index contributed by atoms with van der Waals surface area (Å²) in [6.07, 6.45) is 3.13. The third kappa shape index (κ3) is 4.82. The van der Waals surface area contributed by atoms with Crippen molar-refractivity contribution in [2.75, 3.05) is 0 Å². The van der Waals surface area contributed by atoms with Crippen LogP contribution in [0.2, 0.25) is 0 Å². The maximum absolute atomic E-state index is 11.8. The molecule has 116 valence electrons. The lowest BCUT2D eigenvalue weighted by Gasteiger charge is -2.05. The van der Waals surface area contributed by atoms with Crippen molar-refractivity contribution < 1.29 is 9.53 Å². The Hall–Kier alpha value is -2.86. The van der Waals surface area contributed by atoms with E-state index in [-0.39, 0.29) is 6.61 Å². The summed E-state index contributed by atoms with van der Waals surface area (Å²) < 4.78 is 5.18. The number of carbonyl (C=O) groups excluding carboxylic acids is 1. The van der Waals surface area contributed by atoms with Crippen molar-refractivity contribution in [2.45, 2.75) is 26.4 Å². The molecule has 2 aromatic carbocycles. The van der Waals surface area contributed by atoms with Crippen LogP contribution < -0.4 is 0 Å². The van der Waals surface area contributed by atoms with Crippen molar-refractivity contribution in [1.29, 1.82) is 5.26 Å². The summed E-state index contributed by atoms with van der Waals surface area (Å²) in [5.74, 6) is 0.0591. The summed E-state index contributed by atoms with van der Waals surface area (Å²) in [7, 11) is 0. The first kappa shape index (κ1) is 16.5. The summed E-state index contributed by atoms with van der Waals surface area (Å²) in [6.45, 7) is 4.38. The van der Waals surface area contributed by atoms with Gasteiger partial charge in [-0.25, -0.2) is 4.79 Å². The van der Waals surface area contributed by atoms with E-state index in [1.165, 1.54) is 11.6 Å². The van der Waals surface area contributed by atoms with Gasteiger partial charge in [0.25, 0.3) is 0 Å². The van der Waals surface area contributed by atoms with Gasteiger partial charge in [0, 0.05) is 11.6 Å². The molecule has 0 spiro atoms. The van der Waals surface area contributed by atoms with Crippen LogP contribution in [0.5, 0.6) is 0 Å². The first-order chi connectivity index (χ1) is 11.1. The standard InChI is InChI=1S/C20H19NO2/c1-15(2)17-10-7-16(8-11-17)9-12-20(22)23-14-19-6-4-3-5-18(19)13-21/h3-12,15H,14H2,1-2H3/b12-9+. The first-order valence-corrected chi connectivity index (χ1v) is 7.53. The fraction of sp³-hybridized carbons (Fsp3) is 0.200. The van der Waals surface area contributed by atoms with E-state index < -0.39 is 5.97 Å². The van der Waals surface area contributed by atoms with Crippen LogP contribution in [0, 0.1) is 11.3 Å². The predicted octanol–water partition coefficient (Wildman–Crippen LogP) is 4.44. The molecule has 3 heteroatoms. The van der Waals surface area contributed by atoms with E-state index in [9.17, 15) is 4.79 Å². The highest BCUT2D eigenvalue weighted by Crippen LogP contribution is 2.15. The number of nitriles is 1. The van der Waals surface area contributed by atoms with Crippen molar-refractivity contribution in [3.63, 3.8) is 0 Å². The highest BCUT2D eigenvalue weighted by Gasteiger charge is 2.04. The molecule has 0 unspecified atom stereocenters. The summed E-state index contributed by atoms with van der Waals surface area (Å²) in [4.78, 5) is 11.8. The molecule has 23 heavy (non-hydrogen) atoms. The van der Waals surface area contributed by atoms with Crippen molar-refractivity contribution in [1.82, 2.24) is 0 Å². The van der Waals surface area contributed by atoms with Gasteiger partial charge in [-0.3, -0.25) is 0 Å². The molecular weight excluding hydrogens is 286 g/mol. The minimum Gasteiger partial charge on any atom is -0.458 e. The van der Waals surface area contributed by atoms with Crippen molar-refractivity contribution in [2.24, 2.45) is 0 Å². The number of nitrogens with zero attached hydrogens (tertiary/aromatic N) is 1. The molecule has 0 aliphatic rings. The molecule has 0 bridgehead atoms. The molecule has 0 atom stereocenters. The van der Waals surface area contributed by atoms with Crippen LogP contribution in [-0.2, 0) is 16.1 Å². The van der Waals surface area contributed by atoms with Gasteiger partial charge >= 0.3 is 5.97 Å². The highest BCUT2D eigenvalue weighted by atomic mass is 16.5. The van der Waals surface area contributed by atoms with Crippen LogP contribution >= 0.6 is 0 Å². The Morgan fingerprint density at radius 1 is 1.17 bits per heavy atom. The Morgan fingerprint density at radius 3 is 2.52 bits per heavy atom. The number of rotatable bonds is 5. The molecule has 2 rings (SSSR count). The molecule has 0 N–H and O–H groups in total. The fourth-order valence-corrected chi connectivity index (χ4v) is 2.11. The van der Waals surface area contributed by atoms with E-state index in [0.717, 1.165) is 5.56 Å². The van der Waals surface area contributed by atoms with Crippen molar-refractivity contribution in [3.8, 4) is 6.07 Å². The molecule has 0 radical (unpaired) electrons. The van der Waals surface area contributed by atoms with Crippen LogP contribution in [0.3, 0.4) is 0 Å². The number of hydrogen-bond donors (Lipinski definition) is 0. The molecule has 0 aliphatic heterocycles. The highest BCUT2D eigenvalue weighted by molar-refractivity contribution is 5.87. The molecule has 0 amide bonds.